The molecule has 0 aliphatic carbocycles. The van der Waals surface area contributed by atoms with Crippen molar-refractivity contribution in [3.8, 4) is 11.3 Å². The lowest BCUT2D eigenvalue weighted by molar-refractivity contribution is 0.325. The van der Waals surface area contributed by atoms with E-state index in [2.05, 4.69) is 9.88 Å². The Balaban J connectivity index is 1.86. The molecule has 18 heavy (non-hydrogen) atoms. The van der Waals surface area contributed by atoms with Gasteiger partial charge in [-0.2, -0.15) is 0 Å². The predicted octanol–water partition coefficient (Wildman–Crippen LogP) is 3.42. The number of hydrogen-bond acceptors (Lipinski definition) is 1. The Morgan fingerprint density at radius 3 is 2.72 bits per heavy atom. The molecular weight excluding hydrogens is 227 g/mol. The molecule has 1 saturated heterocycles. The Hall–Kier alpha value is -1.61. The number of likely N-dealkylation sites (tertiary alicyclic amines) is 1. The first-order chi connectivity index (χ1) is 8.83. The standard InChI is InChI=1S/C15H17FN2/c16-14-6-5-12(15-4-3-7-17-15)10-13(14)11-18-8-1-2-9-18/h3-7,10,17H,1-2,8-9,11H2. The van der Waals surface area contributed by atoms with Gasteiger partial charge in [0.2, 0.25) is 0 Å². The molecule has 1 aromatic heterocycles. The third-order valence-electron chi connectivity index (χ3n) is 3.55. The molecule has 1 aliphatic heterocycles. The number of H-pyrrole nitrogens is 1. The quantitative estimate of drug-likeness (QED) is 0.876. The summed E-state index contributed by atoms with van der Waals surface area (Å²) >= 11 is 0. The van der Waals surface area contributed by atoms with Gasteiger partial charge in [-0.05, 0) is 61.8 Å². The minimum absolute atomic E-state index is 0.0998. The monoisotopic (exact) mass is 244 g/mol. The molecule has 1 aromatic carbocycles. The lowest BCUT2D eigenvalue weighted by atomic mass is 10.1. The zero-order valence-corrected chi connectivity index (χ0v) is 10.3. The topological polar surface area (TPSA) is 19.0 Å². The summed E-state index contributed by atoms with van der Waals surface area (Å²) in [5, 5.41) is 0. The number of nitrogens with one attached hydrogen (secondary N) is 1. The van der Waals surface area contributed by atoms with Gasteiger partial charge < -0.3 is 4.98 Å². The van der Waals surface area contributed by atoms with Crippen LogP contribution in [0.2, 0.25) is 0 Å². The Morgan fingerprint density at radius 1 is 1.17 bits per heavy atom. The van der Waals surface area contributed by atoms with Crippen LogP contribution in [0.15, 0.2) is 36.5 Å². The molecule has 1 aliphatic rings. The Morgan fingerprint density at radius 2 is 2.00 bits per heavy atom. The van der Waals surface area contributed by atoms with Gasteiger partial charge in [-0.25, -0.2) is 4.39 Å². The maximum atomic E-state index is 13.8. The van der Waals surface area contributed by atoms with E-state index in [0.717, 1.165) is 36.5 Å². The van der Waals surface area contributed by atoms with Crippen LogP contribution in [0.3, 0.4) is 0 Å². The second-order valence-electron chi connectivity index (χ2n) is 4.87. The molecule has 94 valence electrons. The van der Waals surface area contributed by atoms with E-state index < -0.39 is 0 Å². The van der Waals surface area contributed by atoms with Gasteiger partial charge in [0.1, 0.15) is 5.82 Å². The molecule has 0 atom stereocenters. The number of aromatic nitrogens is 1. The molecule has 0 radical (unpaired) electrons. The molecule has 0 bridgehead atoms. The number of hydrogen-bond donors (Lipinski definition) is 1. The number of halogens is 1. The van der Waals surface area contributed by atoms with Crippen molar-refractivity contribution in [2.45, 2.75) is 19.4 Å². The summed E-state index contributed by atoms with van der Waals surface area (Å²) in [7, 11) is 0. The first kappa shape index (κ1) is 11.5. The van der Waals surface area contributed by atoms with Crippen molar-refractivity contribution >= 4 is 0 Å². The van der Waals surface area contributed by atoms with Crippen LogP contribution < -0.4 is 0 Å². The summed E-state index contributed by atoms with van der Waals surface area (Å²) in [6, 6.07) is 9.32. The normalized spacial score (nSPS) is 16.3. The smallest absolute Gasteiger partial charge is 0.127 e. The van der Waals surface area contributed by atoms with Crippen LogP contribution in [-0.4, -0.2) is 23.0 Å². The highest BCUT2D eigenvalue weighted by Crippen LogP contribution is 2.22. The maximum Gasteiger partial charge on any atom is 0.127 e. The van der Waals surface area contributed by atoms with Gasteiger partial charge >= 0.3 is 0 Å². The zero-order valence-electron chi connectivity index (χ0n) is 10.3. The van der Waals surface area contributed by atoms with E-state index in [9.17, 15) is 4.39 Å². The van der Waals surface area contributed by atoms with E-state index in [1.165, 1.54) is 12.8 Å². The number of benzene rings is 1. The van der Waals surface area contributed by atoms with Crippen molar-refractivity contribution in [2.75, 3.05) is 13.1 Å². The minimum atomic E-state index is -0.0998. The molecule has 2 aromatic rings. The molecule has 0 saturated carbocycles. The van der Waals surface area contributed by atoms with Crippen LogP contribution in [0.1, 0.15) is 18.4 Å². The molecule has 1 fully saturated rings. The average molecular weight is 244 g/mol. The lowest BCUT2D eigenvalue weighted by Gasteiger charge is -2.15. The summed E-state index contributed by atoms with van der Waals surface area (Å²) in [4.78, 5) is 5.47. The van der Waals surface area contributed by atoms with Crippen molar-refractivity contribution in [1.82, 2.24) is 9.88 Å². The fourth-order valence-corrected chi connectivity index (χ4v) is 2.55. The lowest BCUT2D eigenvalue weighted by Crippen LogP contribution is -2.19. The van der Waals surface area contributed by atoms with Gasteiger partial charge in [-0.3, -0.25) is 4.90 Å². The molecule has 3 heteroatoms. The van der Waals surface area contributed by atoms with Crippen LogP contribution in [0, 0.1) is 5.82 Å². The third kappa shape index (κ3) is 2.31. The minimum Gasteiger partial charge on any atom is -0.361 e. The summed E-state index contributed by atoms with van der Waals surface area (Å²) in [6.45, 7) is 2.90. The van der Waals surface area contributed by atoms with Gasteiger partial charge in [0, 0.05) is 24.0 Å². The van der Waals surface area contributed by atoms with E-state index in [1.807, 2.05) is 30.5 Å². The Bertz CT molecular complexity index is 513. The molecule has 2 nitrogen and oxygen atoms in total. The molecule has 0 amide bonds. The largest absolute Gasteiger partial charge is 0.361 e. The molecule has 0 spiro atoms. The third-order valence-corrected chi connectivity index (χ3v) is 3.55. The average Bonchev–Trinajstić information content (AvgIpc) is 3.04. The maximum absolute atomic E-state index is 13.8. The number of nitrogens with zero attached hydrogens (tertiary/aromatic N) is 1. The van der Waals surface area contributed by atoms with E-state index in [-0.39, 0.29) is 5.82 Å². The molecule has 3 rings (SSSR count). The fraction of sp³-hybridized carbons (Fsp3) is 0.333. The van der Waals surface area contributed by atoms with Gasteiger partial charge in [-0.15, -0.1) is 0 Å². The summed E-state index contributed by atoms with van der Waals surface area (Å²) in [5.74, 6) is -0.0998. The predicted molar refractivity (Wildman–Crippen MR) is 70.7 cm³/mol. The van der Waals surface area contributed by atoms with Crippen molar-refractivity contribution in [3.63, 3.8) is 0 Å². The Kier molecular flexibility index (Phi) is 3.15. The van der Waals surface area contributed by atoms with Crippen molar-refractivity contribution in [1.29, 1.82) is 0 Å². The second-order valence-corrected chi connectivity index (χ2v) is 4.87. The molecule has 1 N–H and O–H groups in total. The van der Waals surface area contributed by atoms with Gasteiger partial charge in [0.25, 0.3) is 0 Å². The molecular formula is C15H17FN2. The highest BCUT2D eigenvalue weighted by atomic mass is 19.1. The van der Waals surface area contributed by atoms with E-state index in [4.69, 9.17) is 0 Å². The second kappa shape index (κ2) is 4.94. The van der Waals surface area contributed by atoms with Crippen LogP contribution in [0.25, 0.3) is 11.3 Å². The van der Waals surface area contributed by atoms with E-state index in [0.29, 0.717) is 0 Å². The molecule has 0 unspecified atom stereocenters. The van der Waals surface area contributed by atoms with Crippen molar-refractivity contribution in [2.24, 2.45) is 0 Å². The first-order valence-corrected chi connectivity index (χ1v) is 6.47. The van der Waals surface area contributed by atoms with E-state index >= 15 is 0 Å². The number of aromatic amines is 1. The SMILES string of the molecule is Fc1ccc(-c2ccc[nH]2)cc1CN1CCCC1. The summed E-state index contributed by atoms with van der Waals surface area (Å²) in [6.07, 6.45) is 4.36. The highest BCUT2D eigenvalue weighted by molar-refractivity contribution is 5.60. The van der Waals surface area contributed by atoms with Crippen LogP contribution in [-0.2, 0) is 6.54 Å². The van der Waals surface area contributed by atoms with Crippen LogP contribution >= 0.6 is 0 Å². The highest BCUT2D eigenvalue weighted by Gasteiger charge is 2.14. The molecule has 2 heterocycles. The van der Waals surface area contributed by atoms with Crippen LogP contribution in [0.4, 0.5) is 4.39 Å². The van der Waals surface area contributed by atoms with E-state index in [1.54, 1.807) is 6.07 Å². The van der Waals surface area contributed by atoms with Crippen molar-refractivity contribution in [3.05, 3.63) is 47.9 Å². The fourth-order valence-electron chi connectivity index (χ4n) is 2.55. The Labute approximate surface area is 106 Å². The zero-order chi connectivity index (χ0) is 12.4. The van der Waals surface area contributed by atoms with Crippen LogP contribution in [0.5, 0.6) is 0 Å². The van der Waals surface area contributed by atoms with Gasteiger partial charge in [-0.1, -0.05) is 0 Å². The summed E-state index contributed by atoms with van der Waals surface area (Å²) in [5.41, 5.74) is 2.89. The van der Waals surface area contributed by atoms with Crippen molar-refractivity contribution < 1.29 is 4.39 Å². The van der Waals surface area contributed by atoms with Gasteiger partial charge in [0.15, 0.2) is 0 Å². The summed E-state index contributed by atoms with van der Waals surface area (Å²) < 4.78 is 13.8. The number of rotatable bonds is 3. The first-order valence-electron chi connectivity index (χ1n) is 6.47. The van der Waals surface area contributed by atoms with Gasteiger partial charge in [0.05, 0.1) is 0 Å².